The van der Waals surface area contributed by atoms with Gasteiger partial charge in [0.1, 0.15) is 20.6 Å². The Kier molecular flexibility index (Phi) is 7.89. The molecule has 1 fully saturated rings. The molecule has 2 aromatic rings. The molecule has 3 rings (SSSR count). The summed E-state index contributed by atoms with van der Waals surface area (Å²) in [6.45, 7) is 4.21. The predicted octanol–water partition coefficient (Wildman–Crippen LogP) is 4.13. The van der Waals surface area contributed by atoms with Gasteiger partial charge in [-0.15, -0.1) is 0 Å². The minimum Gasteiger partial charge on any atom is -0.465 e. The van der Waals surface area contributed by atoms with Crippen LogP contribution in [0.3, 0.4) is 0 Å². The second-order valence-corrected chi connectivity index (χ2v) is 9.11. The Bertz CT molecular complexity index is 990. The molecule has 0 bridgehead atoms. The summed E-state index contributed by atoms with van der Waals surface area (Å²) in [6, 6.07) is 12.2. The summed E-state index contributed by atoms with van der Waals surface area (Å²) >= 11 is 0. The number of anilines is 1. The van der Waals surface area contributed by atoms with Crippen LogP contribution in [0.15, 0.2) is 47.4 Å². The molecule has 1 saturated heterocycles. The molecule has 2 aromatic carbocycles. The maximum atomic E-state index is 13.8. The van der Waals surface area contributed by atoms with Crippen LogP contribution in [0.25, 0.3) is 0 Å². The fourth-order valence-corrected chi connectivity index (χ4v) is 4.86. The molecular weight excluding hydrogens is 418 g/mol. The molecule has 8 nitrogen and oxygen atoms in total. The van der Waals surface area contributed by atoms with Gasteiger partial charge in [0.25, 0.3) is 0 Å². The number of unbranched alkanes of at least 4 members (excludes halogenated alkanes) is 1. The quantitative estimate of drug-likeness (QED) is 0.443. The number of hydrogen-bond acceptors (Lipinski definition) is 7. The zero-order chi connectivity index (χ0) is 22.3. The number of nitrogens with zero attached hydrogens (tertiary/aromatic N) is 1. The molecule has 1 aliphatic heterocycles. The summed E-state index contributed by atoms with van der Waals surface area (Å²) in [4.78, 5) is 12.5. The SMILES string of the molecule is CCCCNc1cc(C(=O)OC)cc(S(=N)(=O)N2CCOCC2)c1Oc1ccccc1. The van der Waals surface area contributed by atoms with Crippen molar-refractivity contribution in [1.29, 1.82) is 4.78 Å². The van der Waals surface area contributed by atoms with E-state index >= 15 is 0 Å². The van der Waals surface area contributed by atoms with Crippen molar-refractivity contribution in [2.75, 3.05) is 45.3 Å². The normalized spacial score (nSPS) is 16.3. The van der Waals surface area contributed by atoms with Crippen LogP contribution in [0.2, 0.25) is 0 Å². The molecule has 2 N–H and O–H groups in total. The molecule has 1 heterocycles. The van der Waals surface area contributed by atoms with Gasteiger partial charge in [0.2, 0.25) is 0 Å². The Balaban J connectivity index is 2.15. The van der Waals surface area contributed by atoms with E-state index in [0.29, 0.717) is 44.3 Å². The molecule has 0 radical (unpaired) electrons. The summed E-state index contributed by atoms with van der Waals surface area (Å²) in [6.07, 6.45) is 1.89. The second kappa shape index (κ2) is 10.6. The molecule has 0 spiro atoms. The first kappa shape index (κ1) is 23.1. The summed E-state index contributed by atoms with van der Waals surface area (Å²) in [5.74, 6) is 0.259. The molecule has 0 aromatic heterocycles. The lowest BCUT2D eigenvalue weighted by Gasteiger charge is -2.30. The molecule has 0 aliphatic carbocycles. The number of esters is 1. The number of morpholine rings is 1. The summed E-state index contributed by atoms with van der Waals surface area (Å²) < 4.78 is 40.6. The monoisotopic (exact) mass is 447 g/mol. The van der Waals surface area contributed by atoms with Crippen LogP contribution < -0.4 is 10.1 Å². The first-order valence-electron chi connectivity index (χ1n) is 10.3. The lowest BCUT2D eigenvalue weighted by molar-refractivity contribution is 0.0600. The number of methoxy groups -OCH3 is 1. The van der Waals surface area contributed by atoms with Gasteiger partial charge in [0.15, 0.2) is 5.75 Å². The van der Waals surface area contributed by atoms with Crippen LogP contribution in [0.5, 0.6) is 11.5 Å². The lowest BCUT2D eigenvalue weighted by atomic mass is 10.1. The van der Waals surface area contributed by atoms with Crippen LogP contribution in [-0.4, -0.2) is 54.4 Å². The van der Waals surface area contributed by atoms with E-state index < -0.39 is 15.9 Å². The number of benzene rings is 2. The highest BCUT2D eigenvalue weighted by atomic mass is 32.2. The van der Waals surface area contributed by atoms with Crippen molar-refractivity contribution in [3.8, 4) is 11.5 Å². The van der Waals surface area contributed by atoms with Crippen molar-refractivity contribution in [2.45, 2.75) is 24.7 Å². The minimum atomic E-state index is -3.45. The standard InChI is InChI=1S/C22H29N3O5S/c1-3-4-10-24-19-15-17(22(26)28-2)16-20(21(19)30-18-8-6-5-7-9-18)31(23,27)25-11-13-29-14-12-25/h5-9,15-16,23-24H,3-4,10-14H2,1-2H3. The van der Waals surface area contributed by atoms with Gasteiger partial charge < -0.3 is 19.5 Å². The highest BCUT2D eigenvalue weighted by Gasteiger charge is 2.29. The molecule has 31 heavy (non-hydrogen) atoms. The van der Waals surface area contributed by atoms with Gasteiger partial charge in [-0.25, -0.2) is 18.1 Å². The highest BCUT2D eigenvalue weighted by molar-refractivity contribution is 7.90. The van der Waals surface area contributed by atoms with E-state index in [1.54, 1.807) is 22.5 Å². The van der Waals surface area contributed by atoms with Crippen molar-refractivity contribution in [1.82, 2.24) is 4.31 Å². The van der Waals surface area contributed by atoms with Gasteiger partial charge in [-0.2, -0.15) is 0 Å². The van der Waals surface area contributed by atoms with Crippen molar-refractivity contribution in [3.05, 3.63) is 48.0 Å². The van der Waals surface area contributed by atoms with Crippen LogP contribution in [0.1, 0.15) is 30.1 Å². The summed E-state index contributed by atoms with van der Waals surface area (Å²) in [7, 11) is -2.16. The fraction of sp³-hybridized carbons (Fsp3) is 0.409. The number of rotatable bonds is 9. The van der Waals surface area contributed by atoms with Crippen LogP contribution in [0, 0.1) is 4.78 Å². The van der Waals surface area contributed by atoms with Crippen molar-refractivity contribution < 1.29 is 23.2 Å². The highest BCUT2D eigenvalue weighted by Crippen LogP contribution is 2.39. The first-order chi connectivity index (χ1) is 15.0. The fourth-order valence-electron chi connectivity index (χ4n) is 3.23. The molecule has 1 aliphatic rings. The largest absolute Gasteiger partial charge is 0.465 e. The molecule has 0 saturated carbocycles. The smallest absolute Gasteiger partial charge is 0.337 e. The Morgan fingerprint density at radius 2 is 1.94 bits per heavy atom. The van der Waals surface area contributed by atoms with Gasteiger partial charge in [0, 0.05) is 19.6 Å². The summed E-state index contributed by atoms with van der Waals surface area (Å²) in [5, 5.41) is 3.28. The van der Waals surface area contributed by atoms with Crippen molar-refractivity contribution >= 4 is 21.6 Å². The van der Waals surface area contributed by atoms with E-state index in [0.717, 1.165) is 12.8 Å². The number of carbonyl (C=O) groups excluding carboxylic acids is 1. The maximum absolute atomic E-state index is 13.8. The second-order valence-electron chi connectivity index (χ2n) is 7.11. The van der Waals surface area contributed by atoms with Crippen LogP contribution in [0.4, 0.5) is 5.69 Å². The Morgan fingerprint density at radius 3 is 2.58 bits per heavy atom. The number of hydrogen-bond donors (Lipinski definition) is 2. The third-order valence-electron chi connectivity index (χ3n) is 4.92. The number of nitrogens with one attached hydrogen (secondary N) is 2. The van der Waals surface area contributed by atoms with Crippen LogP contribution >= 0.6 is 0 Å². The van der Waals surface area contributed by atoms with Gasteiger partial charge in [0.05, 0.1) is 31.6 Å². The average molecular weight is 448 g/mol. The third kappa shape index (κ3) is 5.55. The molecule has 9 heteroatoms. The average Bonchev–Trinajstić information content (AvgIpc) is 2.80. The molecule has 1 unspecified atom stereocenters. The van der Waals surface area contributed by atoms with Crippen molar-refractivity contribution in [2.24, 2.45) is 0 Å². The zero-order valence-corrected chi connectivity index (χ0v) is 18.7. The molecular formula is C22H29N3O5S. The van der Waals surface area contributed by atoms with E-state index in [1.165, 1.54) is 13.2 Å². The van der Waals surface area contributed by atoms with E-state index in [1.807, 2.05) is 18.2 Å². The van der Waals surface area contributed by atoms with Gasteiger partial charge in [-0.3, -0.25) is 0 Å². The maximum Gasteiger partial charge on any atom is 0.337 e. The van der Waals surface area contributed by atoms with Gasteiger partial charge in [-0.1, -0.05) is 31.5 Å². The van der Waals surface area contributed by atoms with Gasteiger partial charge in [-0.05, 0) is 30.7 Å². The van der Waals surface area contributed by atoms with Gasteiger partial charge >= 0.3 is 5.97 Å². The zero-order valence-electron chi connectivity index (χ0n) is 17.9. The van der Waals surface area contributed by atoms with E-state index in [-0.39, 0.29) is 16.2 Å². The number of para-hydroxylation sites is 1. The predicted molar refractivity (Wildman–Crippen MR) is 119 cm³/mol. The van der Waals surface area contributed by atoms with E-state index in [9.17, 15) is 9.00 Å². The van der Waals surface area contributed by atoms with E-state index in [4.69, 9.17) is 19.0 Å². The Labute approximate surface area is 183 Å². The Morgan fingerprint density at radius 1 is 1.23 bits per heavy atom. The van der Waals surface area contributed by atoms with E-state index in [2.05, 4.69) is 12.2 Å². The third-order valence-corrected chi connectivity index (χ3v) is 6.91. The molecule has 0 amide bonds. The summed E-state index contributed by atoms with van der Waals surface area (Å²) in [5.41, 5.74) is 0.716. The number of carbonyl (C=O) groups is 1. The molecule has 1 atom stereocenters. The molecule has 168 valence electrons. The minimum absolute atomic E-state index is 0.139. The topological polar surface area (TPSA) is 101 Å². The first-order valence-corrected chi connectivity index (χ1v) is 11.8. The van der Waals surface area contributed by atoms with Crippen molar-refractivity contribution in [3.63, 3.8) is 0 Å². The Hall–Kier alpha value is -2.62. The van der Waals surface area contributed by atoms with Crippen LogP contribution in [-0.2, 0) is 19.4 Å². The lowest BCUT2D eigenvalue weighted by Crippen LogP contribution is -2.40. The number of ether oxygens (including phenoxy) is 3.